The van der Waals surface area contributed by atoms with E-state index in [1.54, 1.807) is 0 Å². The van der Waals surface area contributed by atoms with Crippen LogP contribution in [0.5, 0.6) is 0 Å². The number of aromatic nitrogens is 3. The van der Waals surface area contributed by atoms with Gasteiger partial charge in [-0.15, -0.1) is 10.1 Å². The summed E-state index contributed by atoms with van der Waals surface area (Å²) in [4.78, 5) is 12.0. The number of nitrogens with zero attached hydrogens (tertiary/aromatic N) is 4. The minimum atomic E-state index is -4.73. The average Bonchev–Trinajstić information content (AvgIpc) is 3.14. The molecule has 0 saturated heterocycles. The van der Waals surface area contributed by atoms with Crippen LogP contribution in [0.4, 0.5) is 26.3 Å². The van der Waals surface area contributed by atoms with Gasteiger partial charge in [-0.25, -0.2) is 27.2 Å². The molecule has 0 fully saturated rings. The smallest absolute Gasteiger partial charge is 0.383 e. The fraction of sp³-hybridized carbons (Fsp3) is 0.500. The number of alkyl halides is 4. The molecule has 0 amide bonds. The van der Waals surface area contributed by atoms with Crippen LogP contribution in [-0.4, -0.2) is 49.3 Å². The second-order valence-corrected chi connectivity index (χ2v) is 6.16. The highest BCUT2D eigenvalue weighted by molar-refractivity contribution is 5.26. The second kappa shape index (κ2) is 10.9. The Balaban J connectivity index is 0.00000110. The summed E-state index contributed by atoms with van der Waals surface area (Å²) in [5, 5.41) is 28.6. The zero-order chi connectivity index (χ0) is 23.8. The Labute approximate surface area is 171 Å². The standard InChI is InChI=1S/C16H17F6N3O2.HNO3/c1-2-10(6-27-16(21,22)14(19)20)15(26,7-25-9-23-8-24-25)12-4-3-11(17)5-13(12)18;2-1(3)4/h3-5,8-10,14,26H,2,6-7H2,1H3;(H,2,3,4). The van der Waals surface area contributed by atoms with E-state index in [9.17, 15) is 31.4 Å². The minimum Gasteiger partial charge on any atom is -0.383 e. The normalized spacial score (nSPS) is 14.5. The number of hydrogen-bond donors (Lipinski definition) is 2. The van der Waals surface area contributed by atoms with Crippen LogP contribution < -0.4 is 0 Å². The molecule has 0 aliphatic heterocycles. The molecule has 0 aliphatic carbocycles. The van der Waals surface area contributed by atoms with Crippen LogP contribution >= 0.6 is 0 Å². The summed E-state index contributed by atoms with van der Waals surface area (Å²) < 4.78 is 83.6. The molecule has 0 bridgehead atoms. The van der Waals surface area contributed by atoms with Crippen LogP contribution in [0.2, 0.25) is 0 Å². The molecule has 174 valence electrons. The molecular formula is C16H18F6N4O5. The Morgan fingerprint density at radius 1 is 1.32 bits per heavy atom. The van der Waals surface area contributed by atoms with E-state index in [2.05, 4.69) is 14.8 Å². The van der Waals surface area contributed by atoms with Crippen LogP contribution in [0.1, 0.15) is 18.9 Å². The van der Waals surface area contributed by atoms with Crippen molar-refractivity contribution in [3.05, 3.63) is 58.2 Å². The molecule has 31 heavy (non-hydrogen) atoms. The van der Waals surface area contributed by atoms with E-state index in [0.717, 1.165) is 23.1 Å². The first-order chi connectivity index (χ1) is 14.3. The first kappa shape index (κ1) is 26.1. The van der Waals surface area contributed by atoms with Gasteiger partial charge in [0.05, 0.1) is 13.2 Å². The lowest BCUT2D eigenvalue weighted by Gasteiger charge is -2.36. The first-order valence-electron chi connectivity index (χ1n) is 8.47. The summed E-state index contributed by atoms with van der Waals surface area (Å²) in [6, 6.07) is 2.35. The number of benzene rings is 1. The van der Waals surface area contributed by atoms with Crippen molar-refractivity contribution in [3.8, 4) is 0 Å². The van der Waals surface area contributed by atoms with Crippen LogP contribution in [0, 0.1) is 27.7 Å². The van der Waals surface area contributed by atoms with Crippen molar-refractivity contribution in [2.75, 3.05) is 6.61 Å². The molecule has 2 atom stereocenters. The maximum absolute atomic E-state index is 14.3. The molecule has 1 heterocycles. The third kappa shape index (κ3) is 7.36. The van der Waals surface area contributed by atoms with E-state index in [4.69, 9.17) is 15.3 Å². The molecule has 2 aromatic rings. The Morgan fingerprint density at radius 2 is 1.94 bits per heavy atom. The topological polar surface area (TPSA) is 124 Å². The van der Waals surface area contributed by atoms with Crippen molar-refractivity contribution >= 4 is 0 Å². The fourth-order valence-electron chi connectivity index (χ4n) is 2.70. The molecule has 0 radical (unpaired) electrons. The molecule has 1 aromatic heterocycles. The Bertz CT molecular complexity index is 838. The van der Waals surface area contributed by atoms with Gasteiger partial charge in [-0.2, -0.15) is 13.9 Å². The Hall–Kier alpha value is -2.94. The van der Waals surface area contributed by atoms with Crippen LogP contribution in [0.3, 0.4) is 0 Å². The van der Waals surface area contributed by atoms with Crippen molar-refractivity contribution in [1.82, 2.24) is 14.8 Å². The number of rotatable bonds is 9. The molecule has 2 N–H and O–H groups in total. The highest BCUT2D eigenvalue weighted by Gasteiger charge is 2.46. The number of halogens is 6. The van der Waals surface area contributed by atoms with E-state index >= 15 is 0 Å². The predicted molar refractivity (Wildman–Crippen MR) is 89.7 cm³/mol. The van der Waals surface area contributed by atoms with E-state index < -0.39 is 59.5 Å². The van der Waals surface area contributed by atoms with Gasteiger partial charge in [-0.1, -0.05) is 13.0 Å². The quantitative estimate of drug-likeness (QED) is 0.335. The second-order valence-electron chi connectivity index (χ2n) is 6.16. The van der Waals surface area contributed by atoms with E-state index in [1.165, 1.54) is 13.3 Å². The maximum Gasteiger partial charge on any atom is 0.416 e. The Morgan fingerprint density at radius 3 is 2.39 bits per heavy atom. The minimum absolute atomic E-state index is 0.0403. The molecule has 1 aromatic carbocycles. The largest absolute Gasteiger partial charge is 0.416 e. The molecule has 2 rings (SSSR count). The van der Waals surface area contributed by atoms with Crippen LogP contribution in [0.15, 0.2) is 30.9 Å². The van der Waals surface area contributed by atoms with Gasteiger partial charge in [0.2, 0.25) is 0 Å². The third-order valence-corrected chi connectivity index (χ3v) is 4.17. The van der Waals surface area contributed by atoms with E-state index in [0.29, 0.717) is 6.07 Å². The van der Waals surface area contributed by atoms with E-state index in [-0.39, 0.29) is 6.42 Å². The summed E-state index contributed by atoms with van der Waals surface area (Å²) in [5.74, 6) is -3.28. The van der Waals surface area contributed by atoms with Crippen molar-refractivity contribution in [2.24, 2.45) is 5.92 Å². The molecular weight excluding hydrogens is 442 g/mol. The molecule has 9 nitrogen and oxygen atoms in total. The van der Waals surface area contributed by atoms with Gasteiger partial charge < -0.3 is 15.1 Å². The monoisotopic (exact) mass is 460 g/mol. The first-order valence-corrected chi connectivity index (χ1v) is 8.47. The lowest BCUT2D eigenvalue weighted by molar-refractivity contribution is -0.742. The zero-order valence-electron chi connectivity index (χ0n) is 15.8. The number of aliphatic hydroxyl groups is 1. The van der Waals surface area contributed by atoms with Crippen LogP contribution in [0.25, 0.3) is 0 Å². The number of hydrogen-bond acceptors (Lipinski definition) is 6. The lowest BCUT2D eigenvalue weighted by atomic mass is 9.79. The van der Waals surface area contributed by atoms with Gasteiger partial charge in [0, 0.05) is 17.5 Å². The van der Waals surface area contributed by atoms with Gasteiger partial charge in [0.15, 0.2) is 0 Å². The van der Waals surface area contributed by atoms with Crippen LogP contribution in [-0.2, 0) is 16.9 Å². The summed E-state index contributed by atoms with van der Waals surface area (Å²) >= 11 is 0. The summed E-state index contributed by atoms with van der Waals surface area (Å²) in [6.45, 7) is 0.0236. The maximum atomic E-state index is 14.3. The highest BCUT2D eigenvalue weighted by Crippen LogP contribution is 2.37. The fourth-order valence-corrected chi connectivity index (χ4v) is 2.70. The van der Waals surface area contributed by atoms with Crippen molar-refractivity contribution in [3.63, 3.8) is 0 Å². The molecule has 2 unspecified atom stereocenters. The molecule has 0 aliphatic rings. The summed E-state index contributed by atoms with van der Waals surface area (Å²) in [5.41, 5.74) is -2.62. The molecule has 0 saturated carbocycles. The van der Waals surface area contributed by atoms with Gasteiger partial charge in [0.1, 0.15) is 29.9 Å². The van der Waals surface area contributed by atoms with Gasteiger partial charge >= 0.3 is 12.5 Å². The summed E-state index contributed by atoms with van der Waals surface area (Å²) in [7, 11) is 0. The average molecular weight is 460 g/mol. The van der Waals surface area contributed by atoms with Gasteiger partial charge in [-0.3, -0.25) is 0 Å². The van der Waals surface area contributed by atoms with Crippen molar-refractivity contribution in [1.29, 1.82) is 0 Å². The third-order valence-electron chi connectivity index (χ3n) is 4.17. The predicted octanol–water partition coefficient (Wildman–Crippen LogP) is 3.00. The van der Waals surface area contributed by atoms with Crippen molar-refractivity contribution < 1.29 is 46.5 Å². The molecule has 0 spiro atoms. The number of ether oxygens (including phenoxy) is 1. The van der Waals surface area contributed by atoms with Gasteiger partial charge in [0.25, 0.3) is 5.09 Å². The van der Waals surface area contributed by atoms with Gasteiger partial charge in [-0.05, 0) is 12.5 Å². The molecule has 15 heteroatoms. The Kier molecular flexibility index (Phi) is 9.18. The van der Waals surface area contributed by atoms with E-state index in [1.807, 2.05) is 0 Å². The lowest BCUT2D eigenvalue weighted by Crippen LogP contribution is -2.44. The zero-order valence-corrected chi connectivity index (χ0v) is 15.8. The van der Waals surface area contributed by atoms with Crippen molar-refractivity contribution in [2.45, 2.75) is 38.0 Å². The SMILES string of the molecule is CCC(COC(F)(F)C(F)F)C(O)(Cn1cncn1)c1ccc(F)cc1F.O=[N+]([O-])O. The summed E-state index contributed by atoms with van der Waals surface area (Å²) in [6.07, 6.45) is -6.53. The highest BCUT2D eigenvalue weighted by atomic mass is 19.3.